The van der Waals surface area contributed by atoms with Crippen molar-refractivity contribution >= 4 is 39.9 Å². The Morgan fingerprint density at radius 2 is 0.856 bits per heavy atom. The second-order valence-corrected chi connectivity index (χ2v) is 30.6. The van der Waals surface area contributed by atoms with Crippen LogP contribution in [0.1, 0.15) is 160 Å². The maximum absolute atomic E-state index is 15.5. The molecule has 37 heteroatoms. The minimum Gasteiger partial charge on any atom is -0.857 e. The van der Waals surface area contributed by atoms with Crippen LogP contribution in [0.4, 0.5) is 26.3 Å². The van der Waals surface area contributed by atoms with Gasteiger partial charge in [-0.05, 0) is 192 Å². The SMILES string of the molecule is CC(=O)c1cccc(O[C@@H]2CC[C@@H](C)N(C(=O)c3ccccc3-n3nccn3)C2)c1.CCOOC(F)(F)POCC.CCOP(=O)(OCC)C(F)(F)C(C)(O)c1cccc(O[C@@H]2CC[C@@H](C)N(C(=O)c3ccccc3-n3nccn3)C2)c1.C[C@@H]1CC[C@@H](Oc2cccc(C(C)(O)C(F)F)c2)CN1C(=O)c1ccccc1-n1nccn1.C[O-].[Na+]. The summed E-state index contributed by atoms with van der Waals surface area (Å²) >= 11 is 0. The minimum absolute atomic E-state index is 0. The van der Waals surface area contributed by atoms with Crippen LogP contribution in [0.2, 0.25) is 0 Å². The van der Waals surface area contributed by atoms with Gasteiger partial charge < -0.3 is 57.8 Å². The van der Waals surface area contributed by atoms with E-state index < -0.39 is 51.6 Å². The third-order valence-electron chi connectivity index (χ3n) is 19.1. The Kier molecular flexibility index (Phi) is 36.7. The van der Waals surface area contributed by atoms with Crippen LogP contribution in [0.5, 0.6) is 17.2 Å². The number of aliphatic hydroxyl groups is 2. The molecule has 28 nitrogen and oxygen atoms in total. The number of hydrogen-bond donors (Lipinski definition) is 2. The van der Waals surface area contributed by atoms with E-state index in [9.17, 15) is 51.5 Å². The molecule has 12 rings (SSSR count). The van der Waals surface area contributed by atoms with E-state index in [-0.39, 0.29) is 133 Å². The van der Waals surface area contributed by atoms with Crippen LogP contribution in [-0.2, 0) is 39.1 Å². The Hall–Kier alpha value is -8.86. The zero-order valence-corrected chi connectivity index (χ0v) is 71.6. The number of Topliss-reactive ketones (excluding diaryl/α,β-unsaturated/α-hetero) is 1. The number of aromatic nitrogens is 9. The predicted molar refractivity (Wildman–Crippen MR) is 420 cm³/mol. The number of para-hydroxylation sites is 3. The van der Waals surface area contributed by atoms with Gasteiger partial charge in [-0.3, -0.25) is 23.7 Å². The molecular weight excluding hydrogens is 1600 g/mol. The molecule has 9 atom stereocenters. The molecule has 0 radical (unpaired) electrons. The second kappa shape index (κ2) is 45.0. The normalized spacial score (nSPS) is 18.6. The van der Waals surface area contributed by atoms with E-state index in [1.54, 1.807) is 127 Å². The fourth-order valence-electron chi connectivity index (χ4n) is 12.9. The van der Waals surface area contributed by atoms with Gasteiger partial charge in [0.05, 0.1) is 110 Å². The first-order valence-electron chi connectivity index (χ1n) is 38.0. The molecule has 3 aliphatic heterocycles. The number of alkyl halides is 6. The molecule has 3 unspecified atom stereocenters. The van der Waals surface area contributed by atoms with Gasteiger partial charge in [0.15, 0.2) is 11.4 Å². The first-order chi connectivity index (χ1) is 55.9. The fourth-order valence-corrected chi connectivity index (χ4v) is 15.0. The number of benzene rings is 6. The van der Waals surface area contributed by atoms with Crippen molar-refractivity contribution < 1.29 is 133 Å². The molecule has 3 aromatic heterocycles. The fraction of sp³-hybridized carbons (Fsp3) is 0.432. The van der Waals surface area contributed by atoms with Gasteiger partial charge in [-0.1, -0.05) is 72.8 Å². The van der Waals surface area contributed by atoms with Crippen molar-refractivity contribution in [1.82, 2.24) is 59.7 Å². The quantitative estimate of drug-likeness (QED) is 0.0115. The Morgan fingerprint density at radius 1 is 0.508 bits per heavy atom. The molecule has 0 spiro atoms. The van der Waals surface area contributed by atoms with E-state index in [1.807, 2.05) is 55.1 Å². The molecule has 3 fully saturated rings. The molecule has 2 N–H and O–H groups in total. The molecule has 0 aliphatic carbocycles. The van der Waals surface area contributed by atoms with Crippen molar-refractivity contribution in [1.29, 1.82) is 0 Å². The van der Waals surface area contributed by atoms with E-state index in [2.05, 4.69) is 51.8 Å². The number of ether oxygens (including phenoxy) is 3. The average molecular weight is 1700 g/mol. The first-order valence-corrected chi connectivity index (χ1v) is 40.4. The second-order valence-electron chi connectivity index (χ2n) is 27.5. The number of rotatable bonds is 28. The summed E-state index contributed by atoms with van der Waals surface area (Å²) in [6.45, 7) is 16.3. The van der Waals surface area contributed by atoms with Crippen LogP contribution < -0.4 is 48.9 Å². The molecule has 6 aromatic carbocycles. The van der Waals surface area contributed by atoms with Crippen molar-refractivity contribution in [3.63, 3.8) is 0 Å². The van der Waals surface area contributed by atoms with E-state index in [0.717, 1.165) is 40.2 Å². The van der Waals surface area contributed by atoms with Crippen LogP contribution in [0.15, 0.2) is 183 Å². The minimum atomic E-state index is -5.02. The van der Waals surface area contributed by atoms with Gasteiger partial charge in [0.2, 0.25) is 0 Å². The summed E-state index contributed by atoms with van der Waals surface area (Å²) in [5, 5.41) is 54.3. The van der Waals surface area contributed by atoms with Crippen LogP contribution in [0.25, 0.3) is 17.1 Å². The number of ketones is 1. The molecule has 632 valence electrons. The van der Waals surface area contributed by atoms with Gasteiger partial charge in [-0.25, -0.2) is 13.7 Å². The van der Waals surface area contributed by atoms with Crippen molar-refractivity contribution in [3.05, 3.63) is 216 Å². The molecular formula is C81H99F6N12NaO16P2. The number of hydrogen-bond acceptors (Lipinski definition) is 22. The maximum atomic E-state index is 15.5. The van der Waals surface area contributed by atoms with Crippen molar-refractivity contribution in [2.24, 2.45) is 0 Å². The standard InChI is InChI=1S/C28H35F2N4O6P.C24H26F2N4O3.C23H24N4O3.C5H11F2O3P.CH3O.Na/c1-5-38-41(37,39-6-2)28(29,30)27(4,36)21-10-9-11-22(18-21)40-23-15-14-20(3)33(19-23)26(35)24-12-7-8-13-25(24)34-31-16-17-32-34;1-16-10-11-19(33-18-7-5-6-17(14-18)24(2,32)23(25)26)15-29(16)22(31)20-8-3-4-9-21(20)30-27-12-13-28-30;1-16-10-11-20(30-19-7-5-6-18(14-19)17(2)28)15-26(16)23(29)21-8-3-4-9-22(21)27-24-12-13-25-27;1-3-8-10-5(6,7)11-9-4-2;1-2;/h7-13,16-18,20,23,36H,5-6,14-15,19H2,1-4H3;3-9,12-14,16,19,23,32H,10-11,15H2,1-2H3;3-9,12-14,16,20H,10-11,15H2,1-2H3;11H,3-4H2,1-2H3;1H3;/q;;;;-1;+1/t20-,23-,27?;16-,19-,24?;16-,20-;;;/m111.../s1. The molecule has 0 bridgehead atoms. The topological polar surface area (TPSA) is 325 Å². The third-order valence-corrected chi connectivity index (χ3v) is 22.2. The van der Waals surface area contributed by atoms with E-state index in [1.165, 1.54) is 77.9 Å². The van der Waals surface area contributed by atoms with Gasteiger partial charge >= 0.3 is 48.7 Å². The Bertz CT molecular complexity index is 4660. The summed E-state index contributed by atoms with van der Waals surface area (Å²) in [5.41, 5.74) is -5.71. The molecule has 6 heterocycles. The summed E-state index contributed by atoms with van der Waals surface area (Å²) < 4.78 is 128. The van der Waals surface area contributed by atoms with Gasteiger partial charge in [-0.15, -0.1) is 0 Å². The zero-order chi connectivity index (χ0) is 85.3. The molecule has 3 saturated heterocycles. The van der Waals surface area contributed by atoms with E-state index in [0.29, 0.717) is 83.2 Å². The van der Waals surface area contributed by atoms with Crippen LogP contribution in [-0.4, -0.2) is 201 Å². The van der Waals surface area contributed by atoms with E-state index in [4.69, 9.17) is 28.4 Å². The summed E-state index contributed by atoms with van der Waals surface area (Å²) in [5.74, 6) is -2.51. The predicted octanol–water partition coefficient (Wildman–Crippen LogP) is 10.9. The molecule has 3 aliphatic rings. The van der Waals surface area contributed by atoms with Gasteiger partial charge in [-0.2, -0.15) is 74.5 Å². The van der Waals surface area contributed by atoms with Gasteiger partial charge in [0.1, 0.15) is 50.0 Å². The number of nitrogens with zero attached hydrogens (tertiary/aromatic N) is 12. The number of carbonyl (C=O) groups excluding carboxylic acids is 4. The number of halogens is 6. The molecule has 9 aromatic rings. The smallest absolute Gasteiger partial charge is 0.857 e. The zero-order valence-electron chi connectivity index (χ0n) is 67.7. The molecule has 3 amide bonds. The Balaban J connectivity index is 0.000000228. The Labute approximate surface area is 705 Å². The number of piperidine rings is 3. The summed E-state index contributed by atoms with van der Waals surface area (Å²) in [4.78, 5) is 69.6. The average Bonchev–Trinajstić information content (AvgIpc) is 0.820. The summed E-state index contributed by atoms with van der Waals surface area (Å²) in [7, 11) is -5.28. The van der Waals surface area contributed by atoms with Crippen molar-refractivity contribution in [2.75, 3.05) is 53.2 Å². The van der Waals surface area contributed by atoms with Crippen LogP contribution in [0.3, 0.4) is 0 Å². The van der Waals surface area contributed by atoms with Crippen molar-refractivity contribution in [2.45, 2.75) is 173 Å². The van der Waals surface area contributed by atoms with Gasteiger partial charge in [0, 0.05) is 30.3 Å². The van der Waals surface area contributed by atoms with Gasteiger partial charge in [0.25, 0.3) is 24.1 Å². The van der Waals surface area contributed by atoms with E-state index >= 15 is 8.78 Å². The van der Waals surface area contributed by atoms with Crippen molar-refractivity contribution in [3.8, 4) is 34.3 Å². The Morgan fingerprint density at radius 3 is 1.20 bits per heavy atom. The van der Waals surface area contributed by atoms with Crippen LogP contribution >= 0.6 is 16.4 Å². The first kappa shape index (κ1) is 96.3. The maximum Gasteiger partial charge on any atom is 1.00 e. The number of likely N-dealkylation sites (tertiary alicyclic amines) is 3. The molecule has 118 heavy (non-hydrogen) atoms. The monoisotopic (exact) mass is 1690 g/mol. The summed E-state index contributed by atoms with van der Waals surface area (Å²) in [6.07, 6.45) is 9.91. The largest absolute Gasteiger partial charge is 1.00 e. The third kappa shape index (κ3) is 24.9. The van der Waals surface area contributed by atoms with Crippen LogP contribution in [0, 0.1) is 0 Å². The number of carbonyl (C=O) groups is 4. The number of amides is 3. The molecule has 0 saturated carbocycles. The summed E-state index contributed by atoms with van der Waals surface area (Å²) in [6, 6.07) is 40.5.